The number of nitrogens with zero attached hydrogens (tertiary/aromatic N) is 4. The molecular weight excluding hydrogens is 682 g/mol. The van der Waals surface area contributed by atoms with E-state index in [0.717, 1.165) is 104 Å². The van der Waals surface area contributed by atoms with Crippen molar-refractivity contribution in [1.82, 2.24) is 30.2 Å². The molecule has 53 heavy (non-hydrogen) atoms. The highest BCUT2D eigenvalue weighted by molar-refractivity contribution is 5.90. The molecule has 0 aromatic rings. The van der Waals surface area contributed by atoms with E-state index < -0.39 is 46.0 Å². The minimum Gasteiger partial charge on any atom is -0.480 e. The number of alkyl carbamates (subject to hydrolysis) is 2. The Morgan fingerprint density at radius 3 is 1.23 bits per heavy atom. The van der Waals surface area contributed by atoms with Crippen molar-refractivity contribution in [2.45, 2.75) is 146 Å². The molecule has 5 fully saturated rings. The van der Waals surface area contributed by atoms with Crippen molar-refractivity contribution in [3.8, 4) is 0 Å². The maximum absolute atomic E-state index is 13.0. The molecular formula is C38H69N7O8. The van der Waals surface area contributed by atoms with Crippen molar-refractivity contribution >= 4 is 30.0 Å². The average molecular weight is 752 g/mol. The number of carboxylic acid groups (broad SMARTS) is 1. The number of hydrogen-bond donors (Lipinski definition) is 4. The number of piperazine rings is 2. The van der Waals surface area contributed by atoms with Crippen molar-refractivity contribution in [3.05, 3.63) is 0 Å². The van der Waals surface area contributed by atoms with E-state index in [0.29, 0.717) is 25.7 Å². The van der Waals surface area contributed by atoms with E-state index in [4.69, 9.17) is 20.3 Å². The Morgan fingerprint density at radius 1 is 0.547 bits per heavy atom. The fraction of sp³-hybridized carbons (Fsp3) is 0.868. The van der Waals surface area contributed by atoms with Crippen molar-refractivity contribution in [3.63, 3.8) is 0 Å². The van der Waals surface area contributed by atoms with Crippen molar-refractivity contribution < 1.29 is 38.6 Å². The van der Waals surface area contributed by atoms with Gasteiger partial charge in [0.05, 0.1) is 5.54 Å². The summed E-state index contributed by atoms with van der Waals surface area (Å²) in [5.74, 6) is -0.729. The van der Waals surface area contributed by atoms with Gasteiger partial charge in [0.15, 0.2) is 0 Å². The van der Waals surface area contributed by atoms with Crippen LogP contribution in [0.2, 0.25) is 0 Å². The number of amides is 4. The molecule has 5 rings (SSSR count). The molecule has 0 bridgehead atoms. The van der Waals surface area contributed by atoms with Crippen molar-refractivity contribution in [2.24, 2.45) is 5.73 Å². The Hall–Kier alpha value is -3.17. The first kappa shape index (κ1) is 44.2. The van der Waals surface area contributed by atoms with E-state index in [1.54, 1.807) is 20.8 Å². The molecule has 0 spiro atoms. The number of aliphatic carboxylic acids is 1. The normalized spacial score (nSPS) is 22.7. The molecule has 2 aliphatic heterocycles. The van der Waals surface area contributed by atoms with E-state index in [1.165, 1.54) is 0 Å². The molecule has 5 aliphatic rings. The quantitative estimate of drug-likeness (QED) is 0.322. The fourth-order valence-electron chi connectivity index (χ4n) is 7.60. The highest BCUT2D eigenvalue weighted by Crippen LogP contribution is 2.33. The second-order valence-corrected chi connectivity index (χ2v) is 17.7. The molecule has 15 nitrogen and oxygen atoms in total. The van der Waals surface area contributed by atoms with Crippen LogP contribution in [0.3, 0.4) is 0 Å². The Bertz CT molecular complexity index is 1250. The monoisotopic (exact) mass is 752 g/mol. The third kappa shape index (κ3) is 13.3. The predicted molar refractivity (Wildman–Crippen MR) is 202 cm³/mol. The summed E-state index contributed by atoms with van der Waals surface area (Å²) in [5.41, 5.74) is 2.58. The molecule has 0 unspecified atom stereocenters. The molecule has 15 heteroatoms. The van der Waals surface area contributed by atoms with Crippen LogP contribution >= 0.6 is 0 Å². The Balaban J connectivity index is 0.000000219. The van der Waals surface area contributed by atoms with Crippen LogP contribution in [0.5, 0.6) is 0 Å². The van der Waals surface area contributed by atoms with Crippen LogP contribution < -0.4 is 16.4 Å². The summed E-state index contributed by atoms with van der Waals surface area (Å²) < 4.78 is 10.4. The van der Waals surface area contributed by atoms with Crippen LogP contribution in [-0.4, -0.2) is 149 Å². The van der Waals surface area contributed by atoms with E-state index >= 15 is 0 Å². The molecule has 4 amide bonds. The SMILES string of the molecule is CC(C)(C)OC(=O)NC1(C(=O)O)CCCC1.CN1CCN(C(=O)C2(N)CCCC2)CC1.CN1CCN(C(=O)C2(NC(=O)OC(C)(C)C)CCCC2)CC1. The second-order valence-electron chi connectivity index (χ2n) is 17.7. The van der Waals surface area contributed by atoms with Gasteiger partial charge in [-0.2, -0.15) is 0 Å². The summed E-state index contributed by atoms with van der Waals surface area (Å²) in [6.07, 6.45) is 8.75. The van der Waals surface area contributed by atoms with Crippen molar-refractivity contribution in [2.75, 3.05) is 66.5 Å². The van der Waals surface area contributed by atoms with Gasteiger partial charge in [0.2, 0.25) is 11.8 Å². The number of carboxylic acids is 1. The molecule has 5 N–H and O–H groups in total. The number of ether oxygens (including phenoxy) is 2. The fourth-order valence-corrected chi connectivity index (χ4v) is 7.60. The molecule has 0 radical (unpaired) electrons. The Kier molecular flexibility index (Phi) is 15.4. The van der Waals surface area contributed by atoms with Crippen LogP contribution in [0.4, 0.5) is 9.59 Å². The molecule has 0 aromatic carbocycles. The molecule has 3 aliphatic carbocycles. The lowest BCUT2D eigenvalue weighted by Crippen LogP contribution is -2.61. The van der Waals surface area contributed by atoms with Crippen LogP contribution in [0.15, 0.2) is 0 Å². The first-order valence-corrected chi connectivity index (χ1v) is 19.6. The lowest BCUT2D eigenvalue weighted by Gasteiger charge is -2.39. The van der Waals surface area contributed by atoms with Gasteiger partial charge in [0, 0.05) is 52.4 Å². The summed E-state index contributed by atoms with van der Waals surface area (Å²) in [4.78, 5) is 68.3. The van der Waals surface area contributed by atoms with Crippen LogP contribution in [0.25, 0.3) is 0 Å². The first-order valence-electron chi connectivity index (χ1n) is 19.6. The highest BCUT2D eigenvalue weighted by Gasteiger charge is 2.46. The van der Waals surface area contributed by atoms with Crippen molar-refractivity contribution in [1.29, 1.82) is 0 Å². The summed E-state index contributed by atoms with van der Waals surface area (Å²) in [6.45, 7) is 17.6. The van der Waals surface area contributed by atoms with E-state index in [9.17, 15) is 24.0 Å². The smallest absolute Gasteiger partial charge is 0.408 e. The zero-order chi connectivity index (χ0) is 39.7. The molecule has 2 saturated heterocycles. The van der Waals surface area contributed by atoms with Crippen LogP contribution in [-0.2, 0) is 23.9 Å². The summed E-state index contributed by atoms with van der Waals surface area (Å²) in [6, 6.07) is 0. The molecule has 0 aromatic heterocycles. The number of nitrogens with one attached hydrogen (secondary N) is 2. The van der Waals surface area contributed by atoms with Crippen LogP contribution in [0, 0.1) is 0 Å². The number of carbonyl (C=O) groups is 5. The minimum absolute atomic E-state index is 0.0592. The maximum Gasteiger partial charge on any atom is 0.408 e. The van der Waals surface area contributed by atoms with E-state index in [1.807, 2.05) is 30.6 Å². The highest BCUT2D eigenvalue weighted by atomic mass is 16.6. The van der Waals surface area contributed by atoms with Crippen LogP contribution in [0.1, 0.15) is 119 Å². The van der Waals surface area contributed by atoms with E-state index in [2.05, 4.69) is 34.5 Å². The van der Waals surface area contributed by atoms with Gasteiger partial charge in [0.25, 0.3) is 0 Å². The predicted octanol–water partition coefficient (Wildman–Crippen LogP) is 3.54. The number of carbonyl (C=O) groups excluding carboxylic acids is 4. The standard InChI is InChI=1S/C16H29N3O3.C11H21N3O.C11H19NO4/c1-15(2,3)22-14(21)17-16(7-5-6-8-16)13(20)19-11-9-18(4)10-12-19;1-13-6-8-14(9-7-13)10(15)11(12)4-2-3-5-11;1-10(2,3)16-9(15)12-11(8(13)14)6-4-5-7-11/h5-12H2,1-4H3,(H,17,21);2-9,12H2,1H3;4-7H2,1-3H3,(H,12,15)(H,13,14). The zero-order valence-corrected chi connectivity index (χ0v) is 33.8. The number of likely N-dealkylation sites (N-methyl/N-ethyl adjacent to an activating group) is 2. The molecule has 2 heterocycles. The lowest BCUT2D eigenvalue weighted by atomic mass is 9.95. The summed E-state index contributed by atoms with van der Waals surface area (Å²) in [5, 5.41) is 14.5. The third-order valence-corrected chi connectivity index (χ3v) is 10.7. The van der Waals surface area contributed by atoms with Gasteiger partial charge in [-0.05, 0) is 94.2 Å². The summed E-state index contributed by atoms with van der Waals surface area (Å²) >= 11 is 0. The number of hydrogen-bond acceptors (Lipinski definition) is 10. The first-order chi connectivity index (χ1) is 24.6. The van der Waals surface area contributed by atoms with E-state index in [-0.39, 0.29) is 11.8 Å². The number of rotatable bonds is 5. The summed E-state index contributed by atoms with van der Waals surface area (Å²) in [7, 11) is 4.15. The van der Waals surface area contributed by atoms with Gasteiger partial charge in [-0.3, -0.25) is 9.59 Å². The second kappa shape index (κ2) is 18.4. The van der Waals surface area contributed by atoms with Gasteiger partial charge in [-0.25, -0.2) is 14.4 Å². The van der Waals surface area contributed by atoms with Gasteiger partial charge in [-0.15, -0.1) is 0 Å². The largest absolute Gasteiger partial charge is 0.480 e. The van der Waals surface area contributed by atoms with Gasteiger partial charge in [-0.1, -0.05) is 38.5 Å². The average Bonchev–Trinajstić information content (AvgIpc) is 3.83. The topological polar surface area (TPSA) is 187 Å². The lowest BCUT2D eigenvalue weighted by molar-refractivity contribution is -0.144. The molecule has 3 saturated carbocycles. The Labute approximate surface area is 317 Å². The molecule has 0 atom stereocenters. The van der Waals surface area contributed by atoms with Gasteiger partial charge < -0.3 is 50.5 Å². The van der Waals surface area contributed by atoms with Gasteiger partial charge >= 0.3 is 18.2 Å². The number of nitrogens with two attached hydrogens (primary N) is 1. The Morgan fingerprint density at radius 2 is 0.868 bits per heavy atom. The maximum atomic E-state index is 13.0. The third-order valence-electron chi connectivity index (χ3n) is 10.7. The molecule has 304 valence electrons. The minimum atomic E-state index is -1.12. The zero-order valence-electron chi connectivity index (χ0n) is 33.8. The van der Waals surface area contributed by atoms with Gasteiger partial charge in [0.1, 0.15) is 22.3 Å².